The summed E-state index contributed by atoms with van der Waals surface area (Å²) in [7, 11) is 3.04. The fourth-order valence-corrected chi connectivity index (χ4v) is 6.52. The standard InChI is InChI=1S/C31H29N3O5S2/c1-17-7-10-20(11-8-17)16-40-31-33-32-30(41-31)34-26(21-12-13-23(38-4)24(15-21)39-5)25(28(36)29(34)37)27(35)22-14-18(2)6-9-19(22)3/h6-15,26,35H,16H2,1-5H3. The van der Waals surface area contributed by atoms with Crippen molar-refractivity contribution in [2.75, 3.05) is 19.1 Å². The van der Waals surface area contributed by atoms with E-state index in [0.29, 0.717) is 32.7 Å². The number of ether oxygens (including phenoxy) is 2. The summed E-state index contributed by atoms with van der Waals surface area (Å²) in [6.07, 6.45) is 0. The first-order valence-electron chi connectivity index (χ1n) is 12.8. The van der Waals surface area contributed by atoms with Gasteiger partial charge in [0, 0.05) is 11.3 Å². The van der Waals surface area contributed by atoms with Crippen LogP contribution in [0.4, 0.5) is 5.13 Å². The van der Waals surface area contributed by atoms with Crippen LogP contribution in [0.2, 0.25) is 0 Å². The third-order valence-corrected chi connectivity index (χ3v) is 9.03. The quantitative estimate of drug-likeness (QED) is 0.0831. The van der Waals surface area contributed by atoms with E-state index in [1.54, 1.807) is 24.3 Å². The first-order valence-corrected chi connectivity index (χ1v) is 14.6. The molecule has 5 rings (SSSR count). The lowest BCUT2D eigenvalue weighted by molar-refractivity contribution is -0.132. The third-order valence-electron chi connectivity index (χ3n) is 6.90. The smallest absolute Gasteiger partial charge is 0.301 e. The Hall–Kier alpha value is -4.15. The van der Waals surface area contributed by atoms with Crippen LogP contribution < -0.4 is 14.4 Å². The van der Waals surface area contributed by atoms with Gasteiger partial charge in [0.15, 0.2) is 15.8 Å². The van der Waals surface area contributed by atoms with Crippen molar-refractivity contribution in [2.45, 2.75) is 36.9 Å². The Morgan fingerprint density at radius 1 is 0.927 bits per heavy atom. The molecule has 3 aromatic carbocycles. The van der Waals surface area contributed by atoms with E-state index in [4.69, 9.17) is 9.47 Å². The minimum absolute atomic E-state index is 0.0278. The molecule has 0 aliphatic carbocycles. The molecule has 0 radical (unpaired) electrons. The van der Waals surface area contributed by atoms with Gasteiger partial charge < -0.3 is 14.6 Å². The number of aliphatic hydroxyl groups is 1. The minimum atomic E-state index is -0.961. The Balaban J connectivity index is 1.60. The first kappa shape index (κ1) is 28.4. The molecule has 1 aliphatic rings. The van der Waals surface area contributed by atoms with Gasteiger partial charge in [-0.3, -0.25) is 14.5 Å². The zero-order valence-corrected chi connectivity index (χ0v) is 24.9. The van der Waals surface area contributed by atoms with Gasteiger partial charge in [0.2, 0.25) is 5.13 Å². The molecule has 210 valence electrons. The number of methoxy groups -OCH3 is 2. The van der Waals surface area contributed by atoms with E-state index < -0.39 is 17.7 Å². The highest BCUT2D eigenvalue weighted by atomic mass is 32.2. The average molecular weight is 588 g/mol. The summed E-state index contributed by atoms with van der Waals surface area (Å²) >= 11 is 2.72. The Bertz CT molecular complexity index is 1660. The summed E-state index contributed by atoms with van der Waals surface area (Å²) < 4.78 is 11.6. The third kappa shape index (κ3) is 5.57. The Labute approximate surface area is 246 Å². The lowest BCUT2D eigenvalue weighted by atomic mass is 9.93. The van der Waals surface area contributed by atoms with Crippen molar-refractivity contribution in [1.82, 2.24) is 10.2 Å². The molecule has 1 fully saturated rings. The van der Waals surface area contributed by atoms with E-state index in [0.717, 1.165) is 16.7 Å². The zero-order chi connectivity index (χ0) is 29.3. The number of benzene rings is 3. The summed E-state index contributed by atoms with van der Waals surface area (Å²) in [5.41, 5.74) is 5.02. The molecule has 1 N–H and O–H groups in total. The number of amides is 1. The summed E-state index contributed by atoms with van der Waals surface area (Å²) in [6, 6.07) is 18.0. The summed E-state index contributed by atoms with van der Waals surface area (Å²) in [6.45, 7) is 5.79. The van der Waals surface area contributed by atoms with E-state index in [2.05, 4.69) is 34.5 Å². The van der Waals surface area contributed by atoms with E-state index in [9.17, 15) is 14.7 Å². The number of anilines is 1. The molecule has 0 saturated carbocycles. The van der Waals surface area contributed by atoms with Crippen molar-refractivity contribution < 1.29 is 24.2 Å². The lowest BCUT2D eigenvalue weighted by Gasteiger charge is -2.23. The highest BCUT2D eigenvalue weighted by molar-refractivity contribution is 8.00. The van der Waals surface area contributed by atoms with E-state index in [1.807, 2.05) is 32.9 Å². The first-order chi connectivity index (χ1) is 19.7. The predicted octanol–water partition coefficient (Wildman–Crippen LogP) is 6.40. The monoisotopic (exact) mass is 587 g/mol. The maximum atomic E-state index is 13.6. The normalized spacial score (nSPS) is 16.3. The van der Waals surface area contributed by atoms with Gasteiger partial charge >= 0.3 is 5.91 Å². The zero-order valence-electron chi connectivity index (χ0n) is 23.3. The van der Waals surface area contributed by atoms with Crippen molar-refractivity contribution >= 4 is 45.7 Å². The van der Waals surface area contributed by atoms with E-state index in [-0.39, 0.29) is 16.5 Å². The van der Waals surface area contributed by atoms with Crippen LogP contribution in [0.25, 0.3) is 5.76 Å². The number of ketones is 1. The average Bonchev–Trinajstić information content (AvgIpc) is 3.55. The maximum absolute atomic E-state index is 13.6. The second-order valence-corrected chi connectivity index (χ2v) is 11.9. The molecule has 0 spiro atoms. The van der Waals surface area contributed by atoms with Crippen LogP contribution in [0.5, 0.6) is 11.5 Å². The Kier molecular flexibility index (Phi) is 8.14. The van der Waals surface area contributed by atoms with Crippen LogP contribution in [-0.4, -0.2) is 41.2 Å². The predicted molar refractivity (Wildman–Crippen MR) is 161 cm³/mol. The van der Waals surface area contributed by atoms with Crippen LogP contribution in [0.1, 0.15) is 39.4 Å². The SMILES string of the molecule is COc1ccc(C2C(=C(O)c3cc(C)ccc3C)C(=O)C(=O)N2c2nnc(SCc3ccc(C)cc3)s2)cc1OC. The number of hydrogen-bond donors (Lipinski definition) is 1. The van der Waals surface area contributed by atoms with Crippen LogP contribution in [-0.2, 0) is 15.3 Å². The molecule has 1 aliphatic heterocycles. The second-order valence-electron chi connectivity index (χ2n) is 9.73. The van der Waals surface area contributed by atoms with Crippen molar-refractivity contribution in [3.05, 3.63) is 99.6 Å². The molecule has 1 unspecified atom stereocenters. The van der Waals surface area contributed by atoms with Crippen molar-refractivity contribution in [3.63, 3.8) is 0 Å². The fraction of sp³-hybridized carbons (Fsp3) is 0.226. The second kappa shape index (κ2) is 11.8. The van der Waals surface area contributed by atoms with Gasteiger partial charge in [-0.1, -0.05) is 76.7 Å². The van der Waals surface area contributed by atoms with Gasteiger partial charge in [-0.2, -0.15) is 0 Å². The van der Waals surface area contributed by atoms with Gasteiger partial charge in [0.05, 0.1) is 25.8 Å². The van der Waals surface area contributed by atoms with Gasteiger partial charge in [-0.25, -0.2) is 0 Å². The highest BCUT2D eigenvalue weighted by Gasteiger charge is 2.48. The van der Waals surface area contributed by atoms with Crippen LogP contribution in [0.3, 0.4) is 0 Å². The number of nitrogens with zero attached hydrogens (tertiary/aromatic N) is 3. The maximum Gasteiger partial charge on any atom is 0.301 e. The van der Waals surface area contributed by atoms with Crippen LogP contribution in [0, 0.1) is 20.8 Å². The minimum Gasteiger partial charge on any atom is -0.507 e. The number of aliphatic hydroxyl groups excluding tert-OH is 1. The largest absolute Gasteiger partial charge is 0.507 e. The number of aromatic nitrogens is 2. The van der Waals surface area contributed by atoms with E-state index in [1.165, 1.54) is 47.8 Å². The van der Waals surface area contributed by atoms with Gasteiger partial charge in [0.25, 0.3) is 5.78 Å². The van der Waals surface area contributed by atoms with Crippen LogP contribution >= 0.6 is 23.1 Å². The number of thioether (sulfide) groups is 1. The number of Topliss-reactive ketones (excluding diaryl/α,β-unsaturated/α-hetero) is 1. The molecule has 8 nitrogen and oxygen atoms in total. The molecule has 1 atom stereocenters. The molecule has 0 bridgehead atoms. The molecule has 2 heterocycles. The van der Waals surface area contributed by atoms with Crippen LogP contribution in [0.15, 0.2) is 70.6 Å². The Morgan fingerprint density at radius 2 is 1.63 bits per heavy atom. The summed E-state index contributed by atoms with van der Waals surface area (Å²) in [5.74, 6) is -0.234. The van der Waals surface area contributed by atoms with Crippen molar-refractivity contribution in [3.8, 4) is 11.5 Å². The van der Waals surface area contributed by atoms with Gasteiger partial charge in [-0.05, 0) is 55.7 Å². The number of hydrogen-bond acceptors (Lipinski definition) is 9. The molecule has 1 aromatic heterocycles. The van der Waals surface area contributed by atoms with Crippen molar-refractivity contribution in [1.29, 1.82) is 0 Å². The molecular weight excluding hydrogens is 558 g/mol. The molecule has 1 saturated heterocycles. The fourth-order valence-electron chi connectivity index (χ4n) is 4.69. The van der Waals surface area contributed by atoms with Crippen molar-refractivity contribution in [2.24, 2.45) is 0 Å². The topological polar surface area (TPSA) is 102 Å². The summed E-state index contributed by atoms with van der Waals surface area (Å²) in [5, 5.41) is 20.4. The molecule has 4 aromatic rings. The number of carbonyl (C=O) groups excluding carboxylic acids is 2. The molecular formula is C31H29N3O5S2. The highest BCUT2D eigenvalue weighted by Crippen LogP contribution is 2.46. The molecule has 10 heteroatoms. The number of carbonyl (C=O) groups is 2. The molecule has 1 amide bonds. The number of aryl methyl sites for hydroxylation is 3. The number of rotatable bonds is 8. The molecule has 41 heavy (non-hydrogen) atoms. The van der Waals surface area contributed by atoms with Gasteiger partial charge in [-0.15, -0.1) is 10.2 Å². The van der Waals surface area contributed by atoms with Gasteiger partial charge in [0.1, 0.15) is 5.76 Å². The lowest BCUT2D eigenvalue weighted by Crippen LogP contribution is -2.29. The Morgan fingerprint density at radius 3 is 2.34 bits per heavy atom. The van der Waals surface area contributed by atoms with E-state index >= 15 is 0 Å². The summed E-state index contributed by atoms with van der Waals surface area (Å²) in [4.78, 5) is 28.5.